The lowest BCUT2D eigenvalue weighted by atomic mass is 10.0. The summed E-state index contributed by atoms with van der Waals surface area (Å²) >= 11 is 0. The van der Waals surface area contributed by atoms with Gasteiger partial charge in [-0.3, -0.25) is 10.1 Å². The minimum atomic E-state index is -0.472. The molecule has 0 amide bonds. The van der Waals surface area contributed by atoms with Gasteiger partial charge in [-0.05, 0) is 47.4 Å². The molecule has 134 valence electrons. The van der Waals surface area contributed by atoms with Gasteiger partial charge in [-0.1, -0.05) is 19.9 Å². The monoisotopic (exact) mass is 352 g/mol. The second-order valence-corrected chi connectivity index (χ2v) is 6.09. The van der Waals surface area contributed by atoms with Gasteiger partial charge in [0.1, 0.15) is 0 Å². The number of nitriles is 1. The molecule has 0 aliphatic rings. The maximum atomic E-state index is 10.7. The van der Waals surface area contributed by atoms with Crippen LogP contribution in [-0.2, 0) is 0 Å². The SMILES string of the molecule is COc1cc(/C=C(\C#N)c2ccc([N+](=O)[O-])cc2)ccc1OCC(C)C. The molecule has 0 N–H and O–H groups in total. The van der Waals surface area contributed by atoms with Gasteiger partial charge in [0.15, 0.2) is 11.5 Å². The Bertz CT molecular complexity index is 849. The number of rotatable bonds is 7. The third kappa shape index (κ3) is 4.84. The van der Waals surface area contributed by atoms with Gasteiger partial charge in [-0.25, -0.2) is 0 Å². The van der Waals surface area contributed by atoms with Crippen LogP contribution < -0.4 is 9.47 Å². The Balaban J connectivity index is 2.30. The molecule has 0 spiro atoms. The van der Waals surface area contributed by atoms with E-state index in [1.807, 2.05) is 6.07 Å². The highest BCUT2D eigenvalue weighted by Gasteiger charge is 2.09. The van der Waals surface area contributed by atoms with Gasteiger partial charge in [0, 0.05) is 12.1 Å². The molecule has 0 atom stereocenters. The van der Waals surface area contributed by atoms with Crippen LogP contribution in [0.5, 0.6) is 11.5 Å². The molecule has 0 aromatic heterocycles. The molecule has 2 rings (SSSR count). The minimum Gasteiger partial charge on any atom is -0.493 e. The molecular formula is C20H20N2O4. The highest BCUT2D eigenvalue weighted by Crippen LogP contribution is 2.30. The molecular weight excluding hydrogens is 332 g/mol. The zero-order valence-electron chi connectivity index (χ0n) is 14.9. The van der Waals surface area contributed by atoms with Crippen molar-refractivity contribution in [1.82, 2.24) is 0 Å². The van der Waals surface area contributed by atoms with E-state index in [1.165, 1.54) is 12.1 Å². The standard InChI is InChI=1S/C20H20N2O4/c1-14(2)13-26-19-9-4-15(11-20(19)25-3)10-17(12-21)16-5-7-18(8-6-16)22(23)24/h4-11,14H,13H2,1-3H3/b17-10+. The van der Waals surface area contributed by atoms with Crippen LogP contribution in [0.15, 0.2) is 42.5 Å². The van der Waals surface area contributed by atoms with E-state index in [1.54, 1.807) is 37.5 Å². The van der Waals surface area contributed by atoms with Crippen LogP contribution in [0.3, 0.4) is 0 Å². The quantitative estimate of drug-likeness (QED) is 0.312. The number of nitro benzene ring substituents is 1. The largest absolute Gasteiger partial charge is 0.493 e. The van der Waals surface area contributed by atoms with Gasteiger partial charge < -0.3 is 9.47 Å². The van der Waals surface area contributed by atoms with Crippen molar-refractivity contribution < 1.29 is 14.4 Å². The Labute approximate surface area is 152 Å². The average Bonchev–Trinajstić information content (AvgIpc) is 2.64. The van der Waals surface area contributed by atoms with Crippen molar-refractivity contribution in [2.75, 3.05) is 13.7 Å². The molecule has 0 saturated heterocycles. The maximum Gasteiger partial charge on any atom is 0.269 e. The first kappa shape index (κ1) is 19.0. The van der Waals surface area contributed by atoms with Crippen LogP contribution >= 0.6 is 0 Å². The molecule has 0 bridgehead atoms. The van der Waals surface area contributed by atoms with Gasteiger partial charge in [-0.2, -0.15) is 5.26 Å². The van der Waals surface area contributed by atoms with E-state index in [-0.39, 0.29) is 5.69 Å². The molecule has 6 heteroatoms. The molecule has 0 saturated carbocycles. The predicted molar refractivity (Wildman–Crippen MR) is 99.9 cm³/mol. The highest BCUT2D eigenvalue weighted by atomic mass is 16.6. The van der Waals surface area contributed by atoms with Crippen LogP contribution in [0.2, 0.25) is 0 Å². The number of ether oxygens (including phenoxy) is 2. The number of nitrogens with zero attached hydrogens (tertiary/aromatic N) is 2. The van der Waals surface area contributed by atoms with Crippen molar-refractivity contribution in [1.29, 1.82) is 5.26 Å². The number of non-ortho nitro benzene ring substituents is 1. The molecule has 26 heavy (non-hydrogen) atoms. The van der Waals surface area contributed by atoms with E-state index in [4.69, 9.17) is 9.47 Å². The Hall–Kier alpha value is -3.33. The van der Waals surface area contributed by atoms with Crippen LogP contribution in [0.1, 0.15) is 25.0 Å². The average molecular weight is 352 g/mol. The second-order valence-electron chi connectivity index (χ2n) is 6.09. The third-order valence-corrected chi connectivity index (χ3v) is 3.58. The zero-order valence-corrected chi connectivity index (χ0v) is 14.9. The Morgan fingerprint density at radius 1 is 1.23 bits per heavy atom. The first-order valence-corrected chi connectivity index (χ1v) is 8.12. The second kappa shape index (κ2) is 8.67. The fraction of sp³-hybridized carbons (Fsp3) is 0.250. The first-order valence-electron chi connectivity index (χ1n) is 8.12. The normalized spacial score (nSPS) is 11.1. The summed E-state index contributed by atoms with van der Waals surface area (Å²) in [6, 6.07) is 13.4. The molecule has 0 fully saturated rings. The maximum absolute atomic E-state index is 10.7. The number of allylic oxidation sites excluding steroid dienone is 1. The molecule has 2 aromatic rings. The summed E-state index contributed by atoms with van der Waals surface area (Å²) in [4.78, 5) is 10.3. The van der Waals surface area contributed by atoms with E-state index in [0.717, 1.165) is 5.56 Å². The van der Waals surface area contributed by atoms with Crippen molar-refractivity contribution >= 4 is 17.3 Å². The van der Waals surface area contributed by atoms with E-state index in [0.29, 0.717) is 35.2 Å². The van der Waals surface area contributed by atoms with Crippen molar-refractivity contribution in [3.63, 3.8) is 0 Å². The van der Waals surface area contributed by atoms with E-state index >= 15 is 0 Å². The lowest BCUT2D eigenvalue weighted by molar-refractivity contribution is -0.384. The van der Waals surface area contributed by atoms with Crippen LogP contribution in [-0.4, -0.2) is 18.6 Å². The Kier molecular flexibility index (Phi) is 6.34. The van der Waals surface area contributed by atoms with Gasteiger partial charge in [0.2, 0.25) is 0 Å². The summed E-state index contributed by atoms with van der Waals surface area (Å²) in [5.41, 5.74) is 1.77. The predicted octanol–water partition coefficient (Wildman–Crippen LogP) is 4.70. The van der Waals surface area contributed by atoms with Gasteiger partial charge >= 0.3 is 0 Å². The molecule has 0 unspecified atom stereocenters. The molecule has 0 radical (unpaired) electrons. The zero-order chi connectivity index (χ0) is 19.1. The molecule has 0 heterocycles. The molecule has 0 aliphatic carbocycles. The van der Waals surface area contributed by atoms with Gasteiger partial charge in [-0.15, -0.1) is 0 Å². The lowest BCUT2D eigenvalue weighted by Crippen LogP contribution is -2.05. The summed E-state index contributed by atoms with van der Waals surface area (Å²) < 4.78 is 11.1. The summed E-state index contributed by atoms with van der Waals surface area (Å²) in [6.45, 7) is 4.71. The van der Waals surface area contributed by atoms with Crippen molar-refractivity contribution in [3.05, 3.63) is 63.7 Å². The van der Waals surface area contributed by atoms with E-state index in [2.05, 4.69) is 19.9 Å². The highest BCUT2D eigenvalue weighted by molar-refractivity contribution is 5.90. The minimum absolute atomic E-state index is 0.0145. The topological polar surface area (TPSA) is 85.4 Å². The summed E-state index contributed by atoms with van der Waals surface area (Å²) in [5.74, 6) is 1.62. The first-order chi connectivity index (χ1) is 12.4. The number of hydrogen-bond acceptors (Lipinski definition) is 5. The van der Waals surface area contributed by atoms with Gasteiger partial charge in [0.25, 0.3) is 5.69 Å². The number of benzene rings is 2. The summed E-state index contributed by atoms with van der Waals surface area (Å²) in [5, 5.41) is 20.2. The Morgan fingerprint density at radius 2 is 1.92 bits per heavy atom. The van der Waals surface area contributed by atoms with Crippen molar-refractivity contribution in [3.8, 4) is 17.6 Å². The molecule has 0 aliphatic heterocycles. The van der Waals surface area contributed by atoms with Crippen molar-refractivity contribution in [2.24, 2.45) is 5.92 Å². The fourth-order valence-corrected chi connectivity index (χ4v) is 2.26. The van der Waals surface area contributed by atoms with Crippen LogP contribution in [0, 0.1) is 27.4 Å². The van der Waals surface area contributed by atoms with E-state index < -0.39 is 4.92 Å². The lowest BCUT2D eigenvalue weighted by Gasteiger charge is -2.13. The summed E-state index contributed by atoms with van der Waals surface area (Å²) in [7, 11) is 1.56. The smallest absolute Gasteiger partial charge is 0.269 e. The number of nitro groups is 1. The Morgan fingerprint density at radius 3 is 2.46 bits per heavy atom. The summed E-state index contributed by atoms with van der Waals surface area (Å²) in [6.07, 6.45) is 1.70. The van der Waals surface area contributed by atoms with Crippen LogP contribution in [0.25, 0.3) is 11.6 Å². The molecule has 2 aromatic carbocycles. The fourth-order valence-electron chi connectivity index (χ4n) is 2.26. The third-order valence-electron chi connectivity index (χ3n) is 3.58. The van der Waals surface area contributed by atoms with Crippen molar-refractivity contribution in [2.45, 2.75) is 13.8 Å². The number of methoxy groups -OCH3 is 1. The van der Waals surface area contributed by atoms with E-state index in [9.17, 15) is 15.4 Å². The van der Waals surface area contributed by atoms with Crippen LogP contribution in [0.4, 0.5) is 5.69 Å². The number of hydrogen-bond donors (Lipinski definition) is 0. The molecule has 6 nitrogen and oxygen atoms in total. The van der Waals surface area contributed by atoms with Gasteiger partial charge in [0.05, 0.1) is 30.3 Å².